The number of rotatable bonds is 7. The number of carbonyl (C=O) groups excluding carboxylic acids is 1. The molecule has 0 aromatic heterocycles. The second-order valence-electron chi connectivity index (χ2n) is 4.93. The summed E-state index contributed by atoms with van der Waals surface area (Å²) in [6.07, 6.45) is 3.71. The Kier molecular flexibility index (Phi) is 4.93. The average molecular weight is 257 g/mol. The summed E-state index contributed by atoms with van der Waals surface area (Å²) < 4.78 is 0. The van der Waals surface area contributed by atoms with E-state index in [4.69, 9.17) is 5.26 Å². The van der Waals surface area contributed by atoms with Crippen molar-refractivity contribution in [2.45, 2.75) is 38.3 Å². The molecule has 4 heteroatoms. The van der Waals surface area contributed by atoms with Crippen LogP contribution in [0.3, 0.4) is 0 Å². The lowest BCUT2D eigenvalue weighted by molar-refractivity contribution is -0.121. The first-order valence-electron chi connectivity index (χ1n) is 6.77. The summed E-state index contributed by atoms with van der Waals surface area (Å²) in [6, 6.07) is 10.1. The van der Waals surface area contributed by atoms with Gasteiger partial charge in [-0.05, 0) is 43.5 Å². The maximum atomic E-state index is 11.4. The summed E-state index contributed by atoms with van der Waals surface area (Å²) in [5.41, 5.74) is 1.78. The second-order valence-corrected chi connectivity index (χ2v) is 4.93. The van der Waals surface area contributed by atoms with Crippen molar-refractivity contribution < 1.29 is 4.79 Å². The SMILES string of the molecule is N#Cc1cccc(CNCCCC(=O)NC2CC2)c1. The highest BCUT2D eigenvalue weighted by molar-refractivity contribution is 5.76. The molecular formula is C15H19N3O. The van der Waals surface area contributed by atoms with Crippen LogP contribution in [0.5, 0.6) is 0 Å². The highest BCUT2D eigenvalue weighted by Crippen LogP contribution is 2.18. The minimum atomic E-state index is 0.163. The van der Waals surface area contributed by atoms with Crippen LogP contribution in [0.4, 0.5) is 0 Å². The predicted molar refractivity (Wildman–Crippen MR) is 73.3 cm³/mol. The van der Waals surface area contributed by atoms with Gasteiger partial charge in [-0.15, -0.1) is 0 Å². The lowest BCUT2D eigenvalue weighted by Crippen LogP contribution is -2.26. The Bertz CT molecular complexity index is 475. The van der Waals surface area contributed by atoms with Crippen molar-refractivity contribution in [2.75, 3.05) is 6.54 Å². The molecule has 2 N–H and O–H groups in total. The molecule has 1 aliphatic carbocycles. The van der Waals surface area contributed by atoms with Crippen molar-refractivity contribution in [3.8, 4) is 6.07 Å². The van der Waals surface area contributed by atoms with Crippen LogP contribution in [0.15, 0.2) is 24.3 Å². The molecule has 0 spiro atoms. The van der Waals surface area contributed by atoms with E-state index in [0.717, 1.165) is 37.9 Å². The monoisotopic (exact) mass is 257 g/mol. The van der Waals surface area contributed by atoms with Gasteiger partial charge in [0.1, 0.15) is 0 Å². The van der Waals surface area contributed by atoms with Gasteiger partial charge in [0.15, 0.2) is 0 Å². The Hall–Kier alpha value is -1.86. The lowest BCUT2D eigenvalue weighted by Gasteiger charge is -2.06. The minimum absolute atomic E-state index is 0.163. The second kappa shape index (κ2) is 6.91. The van der Waals surface area contributed by atoms with Gasteiger partial charge in [-0.2, -0.15) is 5.26 Å². The Balaban J connectivity index is 1.58. The van der Waals surface area contributed by atoms with E-state index in [1.165, 1.54) is 0 Å². The topological polar surface area (TPSA) is 64.9 Å². The highest BCUT2D eigenvalue weighted by atomic mass is 16.1. The molecule has 1 saturated carbocycles. The Morgan fingerprint density at radius 2 is 2.26 bits per heavy atom. The van der Waals surface area contributed by atoms with E-state index in [0.29, 0.717) is 18.0 Å². The van der Waals surface area contributed by atoms with Crippen molar-refractivity contribution in [1.29, 1.82) is 5.26 Å². The van der Waals surface area contributed by atoms with Gasteiger partial charge in [0.2, 0.25) is 5.91 Å². The van der Waals surface area contributed by atoms with Gasteiger partial charge in [-0.1, -0.05) is 12.1 Å². The molecule has 0 heterocycles. The maximum absolute atomic E-state index is 11.4. The van der Waals surface area contributed by atoms with Crippen molar-refractivity contribution in [3.05, 3.63) is 35.4 Å². The molecule has 4 nitrogen and oxygen atoms in total. The van der Waals surface area contributed by atoms with Crippen molar-refractivity contribution >= 4 is 5.91 Å². The number of amides is 1. The Morgan fingerprint density at radius 3 is 3.00 bits per heavy atom. The van der Waals surface area contributed by atoms with Crippen molar-refractivity contribution in [3.63, 3.8) is 0 Å². The van der Waals surface area contributed by atoms with Crippen LogP contribution in [0.1, 0.15) is 36.8 Å². The number of benzene rings is 1. The highest BCUT2D eigenvalue weighted by Gasteiger charge is 2.22. The molecule has 0 aliphatic heterocycles. The fourth-order valence-electron chi connectivity index (χ4n) is 1.89. The van der Waals surface area contributed by atoms with Crippen LogP contribution in [-0.2, 0) is 11.3 Å². The number of carbonyl (C=O) groups is 1. The average Bonchev–Trinajstić information content (AvgIpc) is 3.22. The molecule has 100 valence electrons. The molecule has 0 bridgehead atoms. The predicted octanol–water partition coefficient (Wildman–Crippen LogP) is 1.71. The molecule has 0 unspecified atom stereocenters. The van der Waals surface area contributed by atoms with Gasteiger partial charge >= 0.3 is 0 Å². The van der Waals surface area contributed by atoms with Gasteiger partial charge in [-0.25, -0.2) is 0 Å². The zero-order valence-corrected chi connectivity index (χ0v) is 11.0. The van der Waals surface area contributed by atoms with E-state index in [1.807, 2.05) is 18.2 Å². The van der Waals surface area contributed by atoms with Crippen LogP contribution in [0, 0.1) is 11.3 Å². The summed E-state index contributed by atoms with van der Waals surface area (Å²) in [4.78, 5) is 11.4. The first-order chi connectivity index (χ1) is 9.28. The third kappa shape index (κ3) is 5.11. The van der Waals surface area contributed by atoms with E-state index in [-0.39, 0.29) is 5.91 Å². The van der Waals surface area contributed by atoms with E-state index >= 15 is 0 Å². The molecule has 0 atom stereocenters. The summed E-state index contributed by atoms with van der Waals surface area (Å²) in [5.74, 6) is 0.163. The summed E-state index contributed by atoms with van der Waals surface area (Å²) in [7, 11) is 0. The Labute approximate surface area is 113 Å². The number of nitrogens with one attached hydrogen (secondary N) is 2. The van der Waals surface area contributed by atoms with Gasteiger partial charge in [0, 0.05) is 19.0 Å². The molecule has 0 saturated heterocycles. The maximum Gasteiger partial charge on any atom is 0.220 e. The third-order valence-electron chi connectivity index (χ3n) is 3.09. The largest absolute Gasteiger partial charge is 0.353 e. The number of hydrogen-bond acceptors (Lipinski definition) is 3. The van der Waals surface area contributed by atoms with Gasteiger partial charge < -0.3 is 10.6 Å². The molecule has 1 aromatic rings. The van der Waals surface area contributed by atoms with E-state index < -0.39 is 0 Å². The Morgan fingerprint density at radius 1 is 1.42 bits per heavy atom. The van der Waals surface area contributed by atoms with Crippen LogP contribution in [-0.4, -0.2) is 18.5 Å². The van der Waals surface area contributed by atoms with Crippen LogP contribution < -0.4 is 10.6 Å². The normalized spacial score (nSPS) is 13.8. The van der Waals surface area contributed by atoms with Crippen molar-refractivity contribution in [2.24, 2.45) is 0 Å². The van der Waals surface area contributed by atoms with Gasteiger partial charge in [0.25, 0.3) is 0 Å². The zero-order chi connectivity index (χ0) is 13.5. The first-order valence-corrected chi connectivity index (χ1v) is 6.77. The lowest BCUT2D eigenvalue weighted by atomic mass is 10.1. The van der Waals surface area contributed by atoms with Crippen LogP contribution in [0.2, 0.25) is 0 Å². The summed E-state index contributed by atoms with van der Waals surface area (Å²) in [6.45, 7) is 1.55. The van der Waals surface area contributed by atoms with Gasteiger partial charge in [0.05, 0.1) is 11.6 Å². The first kappa shape index (κ1) is 13.6. The molecule has 0 radical (unpaired) electrons. The summed E-state index contributed by atoms with van der Waals surface area (Å²) >= 11 is 0. The van der Waals surface area contributed by atoms with E-state index in [2.05, 4.69) is 16.7 Å². The smallest absolute Gasteiger partial charge is 0.220 e. The molecule has 2 rings (SSSR count). The quantitative estimate of drug-likeness (QED) is 0.731. The fourth-order valence-corrected chi connectivity index (χ4v) is 1.89. The zero-order valence-electron chi connectivity index (χ0n) is 11.0. The van der Waals surface area contributed by atoms with E-state index in [1.54, 1.807) is 6.07 Å². The molecule has 1 amide bonds. The molecule has 19 heavy (non-hydrogen) atoms. The van der Waals surface area contributed by atoms with Crippen molar-refractivity contribution in [1.82, 2.24) is 10.6 Å². The minimum Gasteiger partial charge on any atom is -0.353 e. The number of nitrogens with zero attached hydrogens (tertiary/aromatic N) is 1. The molecule has 1 aromatic carbocycles. The van der Waals surface area contributed by atoms with Crippen LogP contribution >= 0.6 is 0 Å². The van der Waals surface area contributed by atoms with Crippen LogP contribution in [0.25, 0.3) is 0 Å². The third-order valence-corrected chi connectivity index (χ3v) is 3.09. The van der Waals surface area contributed by atoms with E-state index in [9.17, 15) is 4.79 Å². The summed E-state index contributed by atoms with van der Waals surface area (Å²) in [5, 5.41) is 15.1. The van der Waals surface area contributed by atoms with Gasteiger partial charge in [-0.3, -0.25) is 4.79 Å². The number of nitriles is 1. The molecule has 1 fully saturated rings. The fraction of sp³-hybridized carbons (Fsp3) is 0.467. The molecular weight excluding hydrogens is 238 g/mol. The number of hydrogen-bond donors (Lipinski definition) is 2. The standard InChI is InChI=1S/C15H19N3O/c16-10-12-3-1-4-13(9-12)11-17-8-2-5-15(19)18-14-6-7-14/h1,3-4,9,14,17H,2,5-8,11H2,(H,18,19). The molecule has 1 aliphatic rings.